The number of hydrogen-bond donors (Lipinski definition) is 0. The summed E-state index contributed by atoms with van der Waals surface area (Å²) in [4.78, 5) is 10.0. The van der Waals surface area contributed by atoms with Gasteiger partial charge >= 0.3 is 0 Å². The fourth-order valence-electron chi connectivity index (χ4n) is 4.64. The van der Waals surface area contributed by atoms with Crippen LogP contribution in [0.4, 0.5) is 10.2 Å². The predicted octanol–water partition coefficient (Wildman–Crippen LogP) is 7.29. The molecule has 0 N–H and O–H groups in total. The van der Waals surface area contributed by atoms with Crippen LogP contribution in [0.2, 0.25) is 0 Å². The van der Waals surface area contributed by atoms with Crippen molar-refractivity contribution < 1.29 is 4.39 Å². The van der Waals surface area contributed by atoms with E-state index in [1.807, 2.05) is 6.07 Å². The molecule has 0 amide bonds. The summed E-state index contributed by atoms with van der Waals surface area (Å²) in [5.41, 5.74) is 3.56. The highest BCUT2D eigenvalue weighted by atomic mass is 19.1. The van der Waals surface area contributed by atoms with Crippen LogP contribution in [0, 0.1) is 12.7 Å². The normalized spacial score (nSPS) is 15.7. The molecule has 1 unspecified atom stereocenters. The molecule has 1 aromatic heterocycles. The zero-order chi connectivity index (χ0) is 23.5. The molecule has 1 atom stereocenters. The topological polar surface area (TPSA) is 19.4 Å². The standard InChI is InChI=1S/C26H38FN3.C2H4/c1-5-7-16-30(15-6-2)26-10-8-9-25(28-26)21(4)29-17-13-22(14-18-29)24-19-23(27)12-11-20(24)3;1-2/h8-12,19,21-22H,5-7,13-18H2,1-4H3;1-2H2. The summed E-state index contributed by atoms with van der Waals surface area (Å²) in [5.74, 6) is 1.45. The van der Waals surface area contributed by atoms with Crippen LogP contribution in [0.15, 0.2) is 49.6 Å². The molecule has 1 saturated heterocycles. The molecule has 0 spiro atoms. The van der Waals surface area contributed by atoms with E-state index >= 15 is 0 Å². The molecular formula is C28H42FN3. The van der Waals surface area contributed by atoms with Gasteiger partial charge in [0.15, 0.2) is 0 Å². The Kier molecular flexibility index (Phi) is 10.9. The van der Waals surface area contributed by atoms with Crippen LogP contribution in [0.5, 0.6) is 0 Å². The predicted molar refractivity (Wildman–Crippen MR) is 136 cm³/mol. The number of unbranched alkanes of at least 4 members (excludes halogenated alkanes) is 1. The van der Waals surface area contributed by atoms with Crippen molar-refractivity contribution in [3.63, 3.8) is 0 Å². The molecule has 4 heteroatoms. The maximum Gasteiger partial charge on any atom is 0.128 e. The van der Waals surface area contributed by atoms with Gasteiger partial charge in [0.1, 0.15) is 11.6 Å². The molecule has 2 aromatic rings. The van der Waals surface area contributed by atoms with E-state index in [1.165, 1.54) is 24.0 Å². The van der Waals surface area contributed by atoms with E-state index < -0.39 is 0 Å². The number of hydrogen-bond acceptors (Lipinski definition) is 3. The molecule has 32 heavy (non-hydrogen) atoms. The molecule has 0 aliphatic carbocycles. The van der Waals surface area contributed by atoms with E-state index in [-0.39, 0.29) is 5.82 Å². The Morgan fingerprint density at radius 2 is 1.81 bits per heavy atom. The van der Waals surface area contributed by atoms with E-state index in [0.717, 1.165) is 57.0 Å². The van der Waals surface area contributed by atoms with Crippen molar-refractivity contribution in [1.82, 2.24) is 9.88 Å². The lowest BCUT2D eigenvalue weighted by molar-refractivity contribution is 0.159. The van der Waals surface area contributed by atoms with Crippen LogP contribution in [0.1, 0.15) is 81.7 Å². The highest BCUT2D eigenvalue weighted by molar-refractivity contribution is 5.39. The third-order valence-electron chi connectivity index (χ3n) is 6.54. The van der Waals surface area contributed by atoms with Gasteiger partial charge in [-0.2, -0.15) is 0 Å². The minimum absolute atomic E-state index is 0.118. The first-order chi connectivity index (χ1) is 15.5. The molecule has 2 heterocycles. The van der Waals surface area contributed by atoms with Gasteiger partial charge in [-0.1, -0.05) is 32.4 Å². The lowest BCUT2D eigenvalue weighted by atomic mass is 9.86. The van der Waals surface area contributed by atoms with Crippen LogP contribution in [0.3, 0.4) is 0 Å². The summed E-state index contributed by atoms with van der Waals surface area (Å²) < 4.78 is 13.7. The molecular weight excluding hydrogens is 397 g/mol. The molecule has 3 nitrogen and oxygen atoms in total. The number of anilines is 1. The van der Waals surface area contributed by atoms with Gasteiger partial charge in [-0.15, -0.1) is 13.2 Å². The minimum Gasteiger partial charge on any atom is -0.357 e. The first kappa shape index (κ1) is 26.1. The highest BCUT2D eigenvalue weighted by Gasteiger charge is 2.26. The number of pyridine rings is 1. The van der Waals surface area contributed by atoms with Gasteiger partial charge in [0.05, 0.1) is 5.69 Å². The summed E-state index contributed by atoms with van der Waals surface area (Å²) >= 11 is 0. The number of piperidine rings is 1. The smallest absolute Gasteiger partial charge is 0.128 e. The zero-order valence-electron chi connectivity index (χ0n) is 20.6. The van der Waals surface area contributed by atoms with E-state index in [1.54, 1.807) is 12.1 Å². The Morgan fingerprint density at radius 3 is 2.47 bits per heavy atom. The van der Waals surface area contributed by atoms with Gasteiger partial charge in [-0.25, -0.2) is 9.37 Å². The summed E-state index contributed by atoms with van der Waals surface area (Å²) in [7, 11) is 0. The van der Waals surface area contributed by atoms with Crippen molar-refractivity contribution in [3.8, 4) is 0 Å². The summed E-state index contributed by atoms with van der Waals surface area (Å²) in [6.07, 6.45) is 5.70. The molecule has 3 rings (SSSR count). The van der Waals surface area contributed by atoms with Crippen molar-refractivity contribution in [2.45, 2.75) is 71.8 Å². The molecule has 1 fully saturated rings. The molecule has 176 valence electrons. The zero-order valence-corrected chi connectivity index (χ0v) is 20.6. The number of halogens is 1. The second-order valence-electron chi connectivity index (χ2n) is 8.75. The largest absolute Gasteiger partial charge is 0.357 e. The number of aromatic nitrogens is 1. The lowest BCUT2D eigenvalue weighted by Gasteiger charge is -2.36. The average molecular weight is 440 g/mol. The van der Waals surface area contributed by atoms with Gasteiger partial charge in [-0.3, -0.25) is 4.90 Å². The molecule has 0 radical (unpaired) electrons. The quantitative estimate of drug-likeness (QED) is 0.382. The Labute approximate surface area is 195 Å². The van der Waals surface area contributed by atoms with E-state index in [2.05, 4.69) is 68.9 Å². The Hall–Kier alpha value is -2.20. The minimum atomic E-state index is -0.118. The Bertz CT molecular complexity index is 814. The van der Waals surface area contributed by atoms with Crippen molar-refractivity contribution in [1.29, 1.82) is 0 Å². The molecule has 1 aliphatic rings. The van der Waals surface area contributed by atoms with Crippen molar-refractivity contribution in [2.24, 2.45) is 0 Å². The number of nitrogens with zero attached hydrogens (tertiary/aromatic N) is 3. The molecule has 1 aliphatic heterocycles. The lowest BCUT2D eigenvalue weighted by Crippen LogP contribution is -2.35. The summed E-state index contributed by atoms with van der Waals surface area (Å²) in [6, 6.07) is 12.0. The number of aryl methyl sites for hydroxylation is 1. The maximum atomic E-state index is 13.7. The third-order valence-corrected chi connectivity index (χ3v) is 6.54. The van der Waals surface area contributed by atoms with E-state index in [0.29, 0.717) is 12.0 Å². The van der Waals surface area contributed by atoms with Crippen LogP contribution in [-0.4, -0.2) is 36.1 Å². The number of rotatable bonds is 9. The SMILES string of the molecule is C=C.CCCCN(CCC)c1cccc(C(C)N2CCC(c3cc(F)ccc3C)CC2)n1. The maximum absolute atomic E-state index is 13.7. The summed E-state index contributed by atoms with van der Waals surface area (Å²) in [5, 5.41) is 0. The van der Waals surface area contributed by atoms with Gasteiger partial charge in [0.2, 0.25) is 0 Å². The second-order valence-corrected chi connectivity index (χ2v) is 8.75. The summed E-state index contributed by atoms with van der Waals surface area (Å²) in [6.45, 7) is 19.0. The Morgan fingerprint density at radius 1 is 1.09 bits per heavy atom. The number of benzene rings is 1. The fraction of sp³-hybridized carbons (Fsp3) is 0.536. The van der Waals surface area contributed by atoms with E-state index in [4.69, 9.17) is 4.98 Å². The average Bonchev–Trinajstić information content (AvgIpc) is 2.84. The highest BCUT2D eigenvalue weighted by Crippen LogP contribution is 2.34. The van der Waals surface area contributed by atoms with E-state index in [9.17, 15) is 4.39 Å². The fourth-order valence-corrected chi connectivity index (χ4v) is 4.64. The monoisotopic (exact) mass is 439 g/mol. The Balaban J connectivity index is 0.00000176. The molecule has 1 aromatic carbocycles. The van der Waals surface area contributed by atoms with Crippen molar-refractivity contribution in [2.75, 3.05) is 31.1 Å². The number of likely N-dealkylation sites (tertiary alicyclic amines) is 1. The van der Waals surface area contributed by atoms with Gasteiger partial charge < -0.3 is 4.90 Å². The van der Waals surface area contributed by atoms with Crippen LogP contribution in [0.25, 0.3) is 0 Å². The second kappa shape index (κ2) is 13.4. The van der Waals surface area contributed by atoms with Crippen LogP contribution in [-0.2, 0) is 0 Å². The van der Waals surface area contributed by atoms with Crippen LogP contribution < -0.4 is 4.90 Å². The van der Waals surface area contributed by atoms with Crippen LogP contribution >= 0.6 is 0 Å². The first-order valence-electron chi connectivity index (χ1n) is 12.3. The van der Waals surface area contributed by atoms with Crippen molar-refractivity contribution >= 4 is 5.82 Å². The molecule has 0 bridgehead atoms. The van der Waals surface area contributed by atoms with Crippen molar-refractivity contribution in [3.05, 3.63) is 72.2 Å². The first-order valence-corrected chi connectivity index (χ1v) is 12.3. The van der Waals surface area contributed by atoms with Gasteiger partial charge in [0, 0.05) is 19.1 Å². The van der Waals surface area contributed by atoms with Gasteiger partial charge in [-0.05, 0) is 93.9 Å². The molecule has 0 saturated carbocycles. The third kappa shape index (κ3) is 6.90. The van der Waals surface area contributed by atoms with Gasteiger partial charge in [0.25, 0.3) is 0 Å².